The molecule has 2 unspecified atom stereocenters. The van der Waals surface area contributed by atoms with Crippen molar-refractivity contribution in [1.29, 1.82) is 0 Å². The Bertz CT molecular complexity index is 927. The first-order valence-electron chi connectivity index (χ1n) is 9.86. The average molecular weight is 410 g/mol. The molecule has 0 saturated carbocycles. The molecule has 1 fully saturated rings. The predicted octanol–water partition coefficient (Wildman–Crippen LogP) is 2.32. The van der Waals surface area contributed by atoms with Gasteiger partial charge in [0.25, 0.3) is 5.91 Å². The van der Waals surface area contributed by atoms with Crippen LogP contribution in [0.25, 0.3) is 0 Å². The summed E-state index contributed by atoms with van der Waals surface area (Å²) >= 11 is 0. The average Bonchev–Trinajstić information content (AvgIpc) is 3.17. The van der Waals surface area contributed by atoms with Crippen LogP contribution in [0.4, 0.5) is 0 Å². The maximum atomic E-state index is 12.4. The highest BCUT2D eigenvalue weighted by Gasteiger charge is 2.26. The Balaban J connectivity index is 1.66. The van der Waals surface area contributed by atoms with Crippen molar-refractivity contribution in [2.24, 2.45) is 5.10 Å². The molecule has 2 aromatic rings. The molecule has 1 aliphatic heterocycles. The SMILES string of the molecule is CCOc1cc(/C=N/NC(=O)C2CC(C)NN2)ccc1OC(=O)c1ccc(C)cc1. The van der Waals surface area contributed by atoms with E-state index in [0.717, 1.165) is 5.56 Å². The first-order chi connectivity index (χ1) is 14.5. The highest BCUT2D eigenvalue weighted by molar-refractivity contribution is 5.91. The number of rotatable bonds is 7. The highest BCUT2D eigenvalue weighted by Crippen LogP contribution is 2.29. The van der Waals surface area contributed by atoms with Crippen LogP contribution in [0.5, 0.6) is 11.5 Å². The summed E-state index contributed by atoms with van der Waals surface area (Å²) in [5.74, 6) is 0.0656. The summed E-state index contributed by atoms with van der Waals surface area (Å²) < 4.78 is 11.1. The van der Waals surface area contributed by atoms with E-state index in [0.29, 0.717) is 35.7 Å². The van der Waals surface area contributed by atoms with Gasteiger partial charge in [0.1, 0.15) is 6.04 Å². The molecular formula is C22H26N4O4. The number of carbonyl (C=O) groups is 2. The summed E-state index contributed by atoms with van der Waals surface area (Å²) in [5.41, 5.74) is 10.6. The molecule has 158 valence electrons. The van der Waals surface area contributed by atoms with Crippen LogP contribution in [-0.4, -0.2) is 36.8 Å². The van der Waals surface area contributed by atoms with Crippen LogP contribution in [-0.2, 0) is 4.79 Å². The summed E-state index contributed by atoms with van der Waals surface area (Å²) in [6.45, 7) is 6.19. The normalized spacial score (nSPS) is 18.4. The number of hydrogen-bond acceptors (Lipinski definition) is 7. The minimum absolute atomic E-state index is 0.211. The number of aryl methyl sites for hydroxylation is 1. The molecule has 0 radical (unpaired) electrons. The number of hydrazone groups is 1. The fourth-order valence-electron chi connectivity index (χ4n) is 2.94. The summed E-state index contributed by atoms with van der Waals surface area (Å²) in [6, 6.07) is 12.1. The third kappa shape index (κ3) is 5.65. The molecule has 0 bridgehead atoms. The Kier molecular flexibility index (Phi) is 7.16. The number of hydrazine groups is 1. The third-order valence-corrected chi connectivity index (χ3v) is 4.56. The zero-order valence-electron chi connectivity index (χ0n) is 17.3. The van der Waals surface area contributed by atoms with Gasteiger partial charge >= 0.3 is 5.97 Å². The van der Waals surface area contributed by atoms with Crippen molar-refractivity contribution in [2.75, 3.05) is 6.61 Å². The predicted molar refractivity (Wildman–Crippen MR) is 114 cm³/mol. The van der Waals surface area contributed by atoms with E-state index in [9.17, 15) is 9.59 Å². The van der Waals surface area contributed by atoms with E-state index in [1.165, 1.54) is 6.21 Å². The number of amides is 1. The van der Waals surface area contributed by atoms with Gasteiger partial charge in [0, 0.05) is 6.04 Å². The monoisotopic (exact) mass is 410 g/mol. The van der Waals surface area contributed by atoms with Gasteiger partial charge in [-0.15, -0.1) is 0 Å². The van der Waals surface area contributed by atoms with Crippen LogP contribution >= 0.6 is 0 Å². The molecule has 2 aromatic carbocycles. The van der Waals surface area contributed by atoms with Gasteiger partial charge in [-0.1, -0.05) is 17.7 Å². The lowest BCUT2D eigenvalue weighted by Crippen LogP contribution is -2.41. The van der Waals surface area contributed by atoms with E-state index < -0.39 is 5.97 Å². The van der Waals surface area contributed by atoms with Gasteiger partial charge in [0.05, 0.1) is 18.4 Å². The molecule has 0 aromatic heterocycles. The van der Waals surface area contributed by atoms with Gasteiger partial charge in [0.2, 0.25) is 0 Å². The van der Waals surface area contributed by atoms with Crippen molar-refractivity contribution in [3.8, 4) is 11.5 Å². The van der Waals surface area contributed by atoms with Gasteiger partial charge in [-0.25, -0.2) is 15.6 Å². The van der Waals surface area contributed by atoms with E-state index in [-0.39, 0.29) is 18.0 Å². The number of benzene rings is 2. The molecule has 8 heteroatoms. The van der Waals surface area contributed by atoms with Crippen LogP contribution < -0.4 is 25.8 Å². The quantitative estimate of drug-likeness (QED) is 0.280. The highest BCUT2D eigenvalue weighted by atomic mass is 16.6. The van der Waals surface area contributed by atoms with Crippen molar-refractivity contribution in [2.45, 2.75) is 39.3 Å². The molecule has 0 aliphatic carbocycles. The second kappa shape index (κ2) is 10.00. The first-order valence-corrected chi connectivity index (χ1v) is 9.86. The second-order valence-corrected chi connectivity index (χ2v) is 7.11. The van der Waals surface area contributed by atoms with E-state index in [4.69, 9.17) is 9.47 Å². The maximum Gasteiger partial charge on any atom is 0.343 e. The number of nitrogens with one attached hydrogen (secondary N) is 3. The van der Waals surface area contributed by atoms with Crippen LogP contribution in [0.3, 0.4) is 0 Å². The largest absolute Gasteiger partial charge is 0.490 e. The number of ether oxygens (including phenoxy) is 2. The number of nitrogens with zero attached hydrogens (tertiary/aromatic N) is 1. The minimum atomic E-state index is -0.462. The Morgan fingerprint density at radius 1 is 1.17 bits per heavy atom. The first kappa shape index (κ1) is 21.5. The van der Waals surface area contributed by atoms with Gasteiger partial charge < -0.3 is 9.47 Å². The standard InChI is InChI=1S/C22H26N4O4/c1-4-29-20-12-16(13-23-26-21(27)18-11-15(3)24-25-18)7-10-19(20)30-22(28)17-8-5-14(2)6-9-17/h5-10,12-13,15,18,24-25H,4,11H2,1-3H3,(H,26,27)/b23-13+. The van der Waals surface area contributed by atoms with Crippen LogP contribution in [0, 0.1) is 6.92 Å². The lowest BCUT2D eigenvalue weighted by atomic mass is 10.1. The summed E-state index contributed by atoms with van der Waals surface area (Å²) in [7, 11) is 0. The van der Waals surface area contributed by atoms with Gasteiger partial charge in [-0.3, -0.25) is 10.2 Å². The van der Waals surface area contributed by atoms with E-state index in [1.807, 2.05) is 32.9 Å². The second-order valence-electron chi connectivity index (χ2n) is 7.11. The van der Waals surface area contributed by atoms with Crippen LogP contribution in [0.1, 0.15) is 41.8 Å². The topological polar surface area (TPSA) is 101 Å². The Morgan fingerprint density at radius 2 is 1.93 bits per heavy atom. The van der Waals surface area contributed by atoms with Crippen molar-refractivity contribution in [3.63, 3.8) is 0 Å². The Labute approximate surface area is 175 Å². The van der Waals surface area contributed by atoms with E-state index in [2.05, 4.69) is 21.4 Å². The van der Waals surface area contributed by atoms with Crippen molar-refractivity contribution >= 4 is 18.1 Å². The minimum Gasteiger partial charge on any atom is -0.490 e. The molecule has 3 rings (SSSR count). The zero-order valence-corrected chi connectivity index (χ0v) is 17.3. The summed E-state index contributed by atoms with van der Waals surface area (Å²) in [5, 5.41) is 4.00. The van der Waals surface area contributed by atoms with E-state index in [1.54, 1.807) is 30.3 Å². The van der Waals surface area contributed by atoms with Gasteiger partial charge in [0.15, 0.2) is 11.5 Å². The molecule has 1 aliphatic rings. The lowest BCUT2D eigenvalue weighted by molar-refractivity contribution is -0.122. The van der Waals surface area contributed by atoms with E-state index >= 15 is 0 Å². The van der Waals surface area contributed by atoms with Crippen molar-refractivity contribution < 1.29 is 19.1 Å². The number of carbonyl (C=O) groups excluding carboxylic acids is 2. The Hall–Kier alpha value is -3.23. The molecule has 8 nitrogen and oxygen atoms in total. The van der Waals surface area contributed by atoms with Gasteiger partial charge in [-0.05, 0) is 63.1 Å². The summed E-state index contributed by atoms with van der Waals surface area (Å²) in [6.07, 6.45) is 2.20. The Morgan fingerprint density at radius 3 is 2.60 bits per heavy atom. The molecular weight excluding hydrogens is 384 g/mol. The maximum absolute atomic E-state index is 12.4. The molecule has 30 heavy (non-hydrogen) atoms. The lowest BCUT2D eigenvalue weighted by Gasteiger charge is -2.11. The number of hydrogen-bond donors (Lipinski definition) is 3. The van der Waals surface area contributed by atoms with Gasteiger partial charge in [-0.2, -0.15) is 5.10 Å². The molecule has 0 spiro atoms. The molecule has 2 atom stereocenters. The molecule has 3 N–H and O–H groups in total. The molecule has 1 amide bonds. The smallest absolute Gasteiger partial charge is 0.343 e. The zero-order chi connectivity index (χ0) is 21.5. The van der Waals surface area contributed by atoms with Crippen LogP contribution in [0.15, 0.2) is 47.6 Å². The fraction of sp³-hybridized carbons (Fsp3) is 0.318. The molecule has 1 heterocycles. The molecule has 1 saturated heterocycles. The van der Waals surface area contributed by atoms with Crippen LogP contribution in [0.2, 0.25) is 0 Å². The van der Waals surface area contributed by atoms with Crippen molar-refractivity contribution in [1.82, 2.24) is 16.3 Å². The van der Waals surface area contributed by atoms with Crippen molar-refractivity contribution in [3.05, 3.63) is 59.2 Å². The summed E-state index contributed by atoms with van der Waals surface area (Å²) in [4.78, 5) is 24.5. The number of esters is 1. The third-order valence-electron chi connectivity index (χ3n) is 4.56. The fourth-order valence-corrected chi connectivity index (χ4v) is 2.94.